The van der Waals surface area contributed by atoms with Gasteiger partial charge in [-0.05, 0) is 29.8 Å². The Labute approximate surface area is 175 Å². The van der Waals surface area contributed by atoms with Gasteiger partial charge in [0.05, 0.1) is 19.9 Å². The van der Waals surface area contributed by atoms with Crippen LogP contribution in [0.2, 0.25) is 0 Å². The van der Waals surface area contributed by atoms with E-state index in [4.69, 9.17) is 4.74 Å². The van der Waals surface area contributed by atoms with Crippen molar-refractivity contribution in [3.8, 4) is 11.5 Å². The monoisotopic (exact) mass is 455 g/mol. The van der Waals surface area contributed by atoms with Gasteiger partial charge in [0.15, 0.2) is 11.5 Å². The number of carbonyl (C=O) groups excluding carboxylic acids is 1. The van der Waals surface area contributed by atoms with Crippen molar-refractivity contribution in [2.75, 3.05) is 7.11 Å². The van der Waals surface area contributed by atoms with Gasteiger partial charge in [-0.3, -0.25) is 9.59 Å². The highest BCUT2D eigenvalue weighted by atomic mass is 79.9. The molecule has 3 rings (SSSR count). The summed E-state index contributed by atoms with van der Waals surface area (Å²) in [6.45, 7) is 0.357. The maximum Gasteiger partial charge on any atom is 0.276 e. The molecule has 0 bridgehead atoms. The molecule has 29 heavy (non-hydrogen) atoms. The van der Waals surface area contributed by atoms with Gasteiger partial charge in [-0.25, -0.2) is 5.43 Å². The third-order valence-electron chi connectivity index (χ3n) is 4.12. The molecule has 3 aromatic rings. The van der Waals surface area contributed by atoms with E-state index in [0.717, 1.165) is 5.56 Å². The van der Waals surface area contributed by atoms with Crippen LogP contribution >= 0.6 is 15.9 Å². The predicted octanol–water partition coefficient (Wildman–Crippen LogP) is 3.14. The Morgan fingerprint density at radius 1 is 1.24 bits per heavy atom. The first-order chi connectivity index (χ1) is 14.0. The normalized spacial score (nSPS) is 10.8. The van der Waals surface area contributed by atoms with Gasteiger partial charge in [0.1, 0.15) is 5.56 Å². The molecule has 2 N–H and O–H groups in total. The fourth-order valence-corrected chi connectivity index (χ4v) is 3.14. The molecule has 0 saturated carbocycles. The maximum absolute atomic E-state index is 12.6. The van der Waals surface area contributed by atoms with Crippen LogP contribution in [0.4, 0.5) is 0 Å². The van der Waals surface area contributed by atoms with E-state index in [1.54, 1.807) is 24.4 Å². The Hall–Kier alpha value is -3.39. The molecule has 0 aliphatic heterocycles. The summed E-state index contributed by atoms with van der Waals surface area (Å²) in [6, 6.07) is 15.8. The number of ether oxygens (including phenoxy) is 1. The number of aromatic nitrogens is 1. The Balaban J connectivity index is 1.77. The highest BCUT2D eigenvalue weighted by molar-refractivity contribution is 9.10. The zero-order valence-electron chi connectivity index (χ0n) is 15.5. The largest absolute Gasteiger partial charge is 0.504 e. The number of hydrogen-bond acceptors (Lipinski definition) is 5. The lowest BCUT2D eigenvalue weighted by Gasteiger charge is -2.08. The van der Waals surface area contributed by atoms with Crippen LogP contribution in [0.5, 0.6) is 11.5 Å². The van der Waals surface area contributed by atoms with Crippen LogP contribution in [0, 0.1) is 0 Å². The number of nitrogens with one attached hydrogen (secondary N) is 1. The van der Waals surface area contributed by atoms with E-state index in [9.17, 15) is 14.7 Å². The average Bonchev–Trinajstić information content (AvgIpc) is 2.72. The zero-order chi connectivity index (χ0) is 20.8. The number of nitrogens with zero attached hydrogens (tertiary/aromatic N) is 2. The topological polar surface area (TPSA) is 92.9 Å². The minimum atomic E-state index is -0.643. The summed E-state index contributed by atoms with van der Waals surface area (Å²) in [5.74, 6) is -0.493. The van der Waals surface area contributed by atoms with Crippen LogP contribution in [0.3, 0.4) is 0 Å². The minimum absolute atomic E-state index is 0.0309. The molecule has 1 aromatic heterocycles. The molecule has 8 heteroatoms. The lowest BCUT2D eigenvalue weighted by Crippen LogP contribution is -2.30. The molecule has 0 atom stereocenters. The number of halogens is 1. The van der Waals surface area contributed by atoms with Gasteiger partial charge in [0.2, 0.25) is 0 Å². The van der Waals surface area contributed by atoms with E-state index in [2.05, 4.69) is 26.5 Å². The van der Waals surface area contributed by atoms with Crippen LogP contribution in [0.1, 0.15) is 21.5 Å². The summed E-state index contributed by atoms with van der Waals surface area (Å²) in [5.41, 5.74) is 3.15. The smallest absolute Gasteiger partial charge is 0.276 e. The Morgan fingerprint density at radius 2 is 2.00 bits per heavy atom. The van der Waals surface area contributed by atoms with Gasteiger partial charge in [-0.2, -0.15) is 5.10 Å². The number of benzene rings is 2. The number of carbonyl (C=O) groups is 1. The number of hydrazone groups is 1. The molecule has 7 nitrogen and oxygen atoms in total. The van der Waals surface area contributed by atoms with Gasteiger partial charge >= 0.3 is 0 Å². The maximum atomic E-state index is 12.6. The average molecular weight is 456 g/mol. The van der Waals surface area contributed by atoms with Crippen LogP contribution in [0.15, 0.2) is 75.2 Å². The van der Waals surface area contributed by atoms with E-state index in [1.165, 1.54) is 24.0 Å². The van der Waals surface area contributed by atoms with Crippen LogP contribution in [-0.4, -0.2) is 28.9 Å². The molecule has 1 heterocycles. The number of amides is 1. The second-order valence-corrected chi connectivity index (χ2v) is 7.00. The molecule has 0 aliphatic rings. The summed E-state index contributed by atoms with van der Waals surface area (Å²) in [4.78, 5) is 25.0. The van der Waals surface area contributed by atoms with Crippen molar-refractivity contribution in [2.45, 2.75) is 6.54 Å². The van der Waals surface area contributed by atoms with Crippen molar-refractivity contribution in [1.82, 2.24) is 9.99 Å². The van der Waals surface area contributed by atoms with E-state index in [1.807, 2.05) is 30.3 Å². The first-order valence-electron chi connectivity index (χ1n) is 8.63. The van der Waals surface area contributed by atoms with Crippen molar-refractivity contribution in [1.29, 1.82) is 0 Å². The van der Waals surface area contributed by atoms with E-state index in [-0.39, 0.29) is 17.1 Å². The van der Waals surface area contributed by atoms with E-state index in [0.29, 0.717) is 16.6 Å². The summed E-state index contributed by atoms with van der Waals surface area (Å²) in [6.07, 6.45) is 2.90. The molecular weight excluding hydrogens is 438 g/mol. The first-order valence-corrected chi connectivity index (χ1v) is 9.42. The Morgan fingerprint density at radius 3 is 2.72 bits per heavy atom. The molecule has 1 amide bonds. The molecule has 0 spiro atoms. The number of phenols is 1. The van der Waals surface area contributed by atoms with Crippen molar-refractivity contribution < 1.29 is 14.6 Å². The van der Waals surface area contributed by atoms with Crippen LogP contribution in [-0.2, 0) is 6.54 Å². The molecular formula is C21H18BrN3O4. The fraction of sp³-hybridized carbons (Fsp3) is 0.0952. The Bertz CT molecular complexity index is 1110. The standard InChI is InChI=1S/C21H18BrN3O4/c1-29-18-11-16(22)10-15(19(18)26)12-23-24-20(27)17-8-5-9-25(21(17)28)13-14-6-3-2-4-7-14/h2-12,26H,13H2,1H3,(H,24,27)/b23-12-. The number of aromatic hydroxyl groups is 1. The highest BCUT2D eigenvalue weighted by Crippen LogP contribution is 2.32. The fourth-order valence-electron chi connectivity index (χ4n) is 2.68. The second kappa shape index (κ2) is 9.20. The third-order valence-corrected chi connectivity index (χ3v) is 4.58. The zero-order valence-corrected chi connectivity index (χ0v) is 17.1. The summed E-state index contributed by atoms with van der Waals surface area (Å²) < 4.78 is 7.20. The molecule has 0 fully saturated rings. The SMILES string of the molecule is COc1cc(Br)cc(/C=N\NC(=O)c2cccn(Cc3ccccc3)c2=O)c1O. The van der Waals surface area contributed by atoms with Crippen molar-refractivity contribution >= 4 is 28.1 Å². The number of rotatable bonds is 6. The number of pyridine rings is 1. The van der Waals surface area contributed by atoms with E-state index >= 15 is 0 Å². The highest BCUT2D eigenvalue weighted by Gasteiger charge is 2.12. The quantitative estimate of drug-likeness (QED) is 0.441. The summed E-state index contributed by atoms with van der Waals surface area (Å²) in [7, 11) is 1.43. The Kier molecular flexibility index (Phi) is 6.46. The predicted molar refractivity (Wildman–Crippen MR) is 114 cm³/mol. The first kappa shape index (κ1) is 20.3. The summed E-state index contributed by atoms with van der Waals surface area (Å²) in [5, 5.41) is 14.0. The van der Waals surface area contributed by atoms with E-state index < -0.39 is 11.5 Å². The summed E-state index contributed by atoms with van der Waals surface area (Å²) >= 11 is 3.31. The lowest BCUT2D eigenvalue weighted by atomic mass is 10.2. The van der Waals surface area contributed by atoms with Crippen molar-refractivity contribution in [2.24, 2.45) is 5.10 Å². The minimum Gasteiger partial charge on any atom is -0.504 e. The number of methoxy groups -OCH3 is 1. The molecule has 0 saturated heterocycles. The van der Waals surface area contributed by atoms with Gasteiger partial charge in [-0.1, -0.05) is 46.3 Å². The van der Waals surface area contributed by atoms with Crippen molar-refractivity contribution in [3.63, 3.8) is 0 Å². The van der Waals surface area contributed by atoms with Gasteiger partial charge < -0.3 is 14.4 Å². The van der Waals surface area contributed by atoms with Crippen LogP contribution < -0.4 is 15.7 Å². The number of phenolic OH excluding ortho intramolecular Hbond substituents is 1. The molecule has 0 aliphatic carbocycles. The molecule has 0 radical (unpaired) electrons. The van der Waals surface area contributed by atoms with Gasteiger partial charge in [-0.15, -0.1) is 0 Å². The molecule has 0 unspecified atom stereocenters. The number of hydrogen-bond donors (Lipinski definition) is 2. The molecule has 2 aromatic carbocycles. The van der Waals surface area contributed by atoms with Gasteiger partial charge in [0, 0.05) is 16.2 Å². The second-order valence-electron chi connectivity index (χ2n) is 6.09. The molecule has 148 valence electrons. The van der Waals surface area contributed by atoms with Gasteiger partial charge in [0.25, 0.3) is 11.5 Å². The van der Waals surface area contributed by atoms with Crippen molar-refractivity contribution in [3.05, 3.63) is 92.3 Å². The lowest BCUT2D eigenvalue weighted by molar-refractivity contribution is 0.0953. The third kappa shape index (κ3) is 4.91. The van der Waals surface area contributed by atoms with Crippen LogP contribution in [0.25, 0.3) is 0 Å².